The minimum Gasteiger partial charge on any atom is -0.490 e. The molecule has 0 aliphatic carbocycles. The second-order valence-corrected chi connectivity index (χ2v) is 7.22. The van der Waals surface area contributed by atoms with Crippen LogP contribution in [0.2, 0.25) is 5.02 Å². The van der Waals surface area contributed by atoms with E-state index in [9.17, 15) is 9.50 Å². The van der Waals surface area contributed by atoms with E-state index in [1.165, 1.54) is 12.1 Å². The highest BCUT2D eigenvalue weighted by molar-refractivity contribution is 6.32. The maximum Gasteiger partial charge on any atom is 0.180 e. The van der Waals surface area contributed by atoms with Crippen LogP contribution in [-0.2, 0) is 13.2 Å². The minimum absolute atomic E-state index is 0. The summed E-state index contributed by atoms with van der Waals surface area (Å²) in [7, 11) is 0. The first-order valence-corrected chi connectivity index (χ1v) is 10.2. The van der Waals surface area contributed by atoms with E-state index < -0.39 is 6.10 Å². The molecule has 0 aromatic heterocycles. The van der Waals surface area contributed by atoms with Crippen LogP contribution in [0.5, 0.6) is 11.5 Å². The molecule has 166 valence electrons. The third-order valence-electron chi connectivity index (χ3n) is 4.52. The first kappa shape index (κ1) is 25.0. The molecular weight excluding hydrogens is 440 g/mol. The number of aliphatic hydroxyl groups is 1. The van der Waals surface area contributed by atoms with Gasteiger partial charge in [-0.1, -0.05) is 54.1 Å². The second-order valence-electron chi connectivity index (χ2n) is 6.81. The van der Waals surface area contributed by atoms with Crippen LogP contribution in [0.25, 0.3) is 0 Å². The molecule has 3 aromatic carbocycles. The summed E-state index contributed by atoms with van der Waals surface area (Å²) in [5.41, 5.74) is 2.61. The predicted octanol–water partition coefficient (Wildman–Crippen LogP) is 5.70. The monoisotopic (exact) mass is 465 g/mol. The molecule has 0 heterocycles. The van der Waals surface area contributed by atoms with E-state index in [2.05, 4.69) is 5.32 Å². The maximum atomic E-state index is 13.1. The molecule has 3 rings (SSSR count). The van der Waals surface area contributed by atoms with Crippen LogP contribution in [0.3, 0.4) is 0 Å². The van der Waals surface area contributed by atoms with Gasteiger partial charge in [0.1, 0.15) is 12.4 Å². The maximum absolute atomic E-state index is 13.1. The van der Waals surface area contributed by atoms with E-state index >= 15 is 0 Å². The Hall–Kier alpha value is -2.31. The van der Waals surface area contributed by atoms with Crippen molar-refractivity contribution in [2.24, 2.45) is 0 Å². The van der Waals surface area contributed by atoms with Crippen LogP contribution < -0.4 is 14.8 Å². The molecule has 0 saturated carbocycles. The molecular formula is C24H26Cl2FNO3. The minimum atomic E-state index is -0.591. The Morgan fingerprint density at radius 2 is 1.71 bits per heavy atom. The summed E-state index contributed by atoms with van der Waals surface area (Å²) in [6.07, 6.45) is -0.591. The van der Waals surface area contributed by atoms with Crippen molar-refractivity contribution in [3.8, 4) is 11.5 Å². The lowest BCUT2D eigenvalue weighted by molar-refractivity contribution is 0.174. The third kappa shape index (κ3) is 7.40. The molecule has 0 spiro atoms. The quantitative estimate of drug-likeness (QED) is 0.403. The average Bonchev–Trinajstić information content (AvgIpc) is 2.75. The Morgan fingerprint density at radius 1 is 1.00 bits per heavy atom. The fraction of sp³-hybridized carbons (Fsp3) is 0.250. The van der Waals surface area contributed by atoms with Gasteiger partial charge in [0.15, 0.2) is 11.5 Å². The molecule has 0 radical (unpaired) electrons. The van der Waals surface area contributed by atoms with Crippen molar-refractivity contribution in [1.82, 2.24) is 5.32 Å². The van der Waals surface area contributed by atoms with Crippen LogP contribution in [0, 0.1) is 5.82 Å². The molecule has 0 saturated heterocycles. The summed E-state index contributed by atoms with van der Waals surface area (Å²) >= 11 is 6.46. The lowest BCUT2D eigenvalue weighted by Gasteiger charge is -2.16. The van der Waals surface area contributed by atoms with Gasteiger partial charge in [-0.2, -0.15) is 0 Å². The summed E-state index contributed by atoms with van der Waals surface area (Å²) < 4.78 is 24.6. The van der Waals surface area contributed by atoms with Crippen molar-refractivity contribution in [2.75, 3.05) is 13.2 Å². The molecule has 2 N–H and O–H groups in total. The molecule has 7 heteroatoms. The Kier molecular flexibility index (Phi) is 10.1. The summed E-state index contributed by atoms with van der Waals surface area (Å²) in [5.74, 6) is 0.712. The van der Waals surface area contributed by atoms with E-state index in [-0.39, 0.29) is 24.8 Å². The number of hydrogen-bond donors (Lipinski definition) is 2. The van der Waals surface area contributed by atoms with Crippen molar-refractivity contribution >= 4 is 24.0 Å². The molecule has 1 atom stereocenters. The Balaban J connectivity index is 0.00000341. The highest BCUT2D eigenvalue weighted by Crippen LogP contribution is 2.37. The summed E-state index contributed by atoms with van der Waals surface area (Å²) in [6, 6.07) is 19.3. The zero-order chi connectivity index (χ0) is 21.3. The number of ether oxygens (including phenoxy) is 2. The van der Waals surface area contributed by atoms with Crippen molar-refractivity contribution < 1.29 is 19.0 Å². The topological polar surface area (TPSA) is 50.7 Å². The van der Waals surface area contributed by atoms with Crippen LogP contribution in [0.1, 0.15) is 29.7 Å². The van der Waals surface area contributed by atoms with Gasteiger partial charge in [-0.15, -0.1) is 12.4 Å². The summed E-state index contributed by atoms with van der Waals surface area (Å²) in [6.45, 7) is 3.53. The number of benzene rings is 3. The van der Waals surface area contributed by atoms with E-state index in [1.807, 2.05) is 49.4 Å². The molecule has 4 nitrogen and oxygen atoms in total. The van der Waals surface area contributed by atoms with Gasteiger partial charge < -0.3 is 19.9 Å². The normalized spacial score (nSPS) is 11.5. The van der Waals surface area contributed by atoms with E-state index in [0.717, 1.165) is 16.7 Å². The third-order valence-corrected chi connectivity index (χ3v) is 4.80. The first-order valence-electron chi connectivity index (χ1n) is 9.83. The number of nitrogens with one attached hydrogen (secondary N) is 1. The van der Waals surface area contributed by atoms with E-state index in [1.54, 1.807) is 12.1 Å². The zero-order valence-corrected chi connectivity index (χ0v) is 18.8. The van der Waals surface area contributed by atoms with E-state index in [0.29, 0.717) is 36.2 Å². The largest absolute Gasteiger partial charge is 0.490 e. The fourth-order valence-electron chi connectivity index (χ4n) is 3.01. The van der Waals surface area contributed by atoms with Gasteiger partial charge in [-0.05, 0) is 47.9 Å². The van der Waals surface area contributed by atoms with Crippen LogP contribution in [0.15, 0.2) is 66.7 Å². The Bertz CT molecular complexity index is 940. The first-order chi connectivity index (χ1) is 14.6. The highest BCUT2D eigenvalue weighted by Gasteiger charge is 2.14. The molecule has 0 aliphatic rings. The molecule has 3 aromatic rings. The molecule has 1 unspecified atom stereocenters. The smallest absolute Gasteiger partial charge is 0.180 e. The van der Waals surface area contributed by atoms with Crippen LogP contribution in [-0.4, -0.2) is 18.3 Å². The van der Waals surface area contributed by atoms with Gasteiger partial charge in [0.05, 0.1) is 17.7 Å². The van der Waals surface area contributed by atoms with E-state index in [4.69, 9.17) is 21.1 Å². The molecule has 0 bridgehead atoms. The van der Waals surface area contributed by atoms with Gasteiger partial charge in [0.2, 0.25) is 0 Å². The van der Waals surface area contributed by atoms with Crippen molar-refractivity contribution in [3.05, 3.63) is 94.3 Å². The van der Waals surface area contributed by atoms with Crippen molar-refractivity contribution in [1.29, 1.82) is 0 Å². The van der Waals surface area contributed by atoms with Gasteiger partial charge >= 0.3 is 0 Å². The average molecular weight is 466 g/mol. The van der Waals surface area contributed by atoms with Crippen molar-refractivity contribution in [3.63, 3.8) is 0 Å². The molecule has 31 heavy (non-hydrogen) atoms. The van der Waals surface area contributed by atoms with Gasteiger partial charge in [-0.3, -0.25) is 0 Å². The number of halogens is 3. The molecule has 0 aliphatic heterocycles. The zero-order valence-electron chi connectivity index (χ0n) is 17.2. The molecule has 0 amide bonds. The lowest BCUT2D eigenvalue weighted by Crippen LogP contribution is -2.21. The van der Waals surface area contributed by atoms with Crippen molar-refractivity contribution in [2.45, 2.75) is 26.2 Å². The SMILES string of the molecule is CCOc1cc(CNCC(O)c2ccccc2)cc(Cl)c1OCc1ccc(F)cc1.Cl. The van der Waals surface area contributed by atoms with Crippen LogP contribution >= 0.6 is 24.0 Å². The highest BCUT2D eigenvalue weighted by atomic mass is 35.5. The predicted molar refractivity (Wildman–Crippen MR) is 124 cm³/mol. The fourth-order valence-corrected chi connectivity index (χ4v) is 3.30. The molecule has 0 fully saturated rings. The van der Waals surface area contributed by atoms with Gasteiger partial charge in [0.25, 0.3) is 0 Å². The van der Waals surface area contributed by atoms with Crippen LogP contribution in [0.4, 0.5) is 4.39 Å². The van der Waals surface area contributed by atoms with Gasteiger partial charge in [0, 0.05) is 13.1 Å². The number of rotatable bonds is 10. The Labute approximate surface area is 193 Å². The van der Waals surface area contributed by atoms with Gasteiger partial charge in [-0.25, -0.2) is 4.39 Å². The number of hydrogen-bond acceptors (Lipinski definition) is 4. The standard InChI is InChI=1S/C24H25ClFNO3.ClH/c1-2-29-23-13-18(14-27-15-22(28)19-6-4-3-5-7-19)12-21(25)24(23)30-16-17-8-10-20(26)11-9-17;/h3-13,22,27-28H,2,14-16H2,1H3;1H. The summed E-state index contributed by atoms with van der Waals surface area (Å²) in [5, 5.41) is 13.9. The Morgan fingerprint density at radius 3 is 2.39 bits per heavy atom. The second kappa shape index (κ2) is 12.5. The number of aliphatic hydroxyl groups excluding tert-OH is 1. The summed E-state index contributed by atoms with van der Waals surface area (Å²) in [4.78, 5) is 0. The lowest BCUT2D eigenvalue weighted by atomic mass is 10.1.